The number of carbonyl (C=O) groups is 2. The quantitative estimate of drug-likeness (QED) is 0.603. The highest BCUT2D eigenvalue weighted by atomic mass is 16.7. The van der Waals surface area contributed by atoms with Crippen molar-refractivity contribution in [2.45, 2.75) is 31.5 Å². The molecule has 116 valence electrons. The van der Waals surface area contributed by atoms with Crippen molar-refractivity contribution in [2.75, 3.05) is 32.8 Å². The molecule has 3 rings (SSSR count). The lowest BCUT2D eigenvalue weighted by Gasteiger charge is -2.38. The summed E-state index contributed by atoms with van der Waals surface area (Å²) in [4.78, 5) is 26.6. The Labute approximate surface area is 124 Å². The van der Waals surface area contributed by atoms with Gasteiger partial charge in [0.05, 0.1) is 13.2 Å². The third kappa shape index (κ3) is 2.58. The van der Waals surface area contributed by atoms with Crippen LogP contribution in [0.5, 0.6) is 0 Å². The average molecular weight is 294 g/mol. The molecule has 0 unspecified atom stereocenters. The normalized spacial score (nSPS) is 25.6. The first-order valence-electron chi connectivity index (χ1n) is 7.58. The van der Waals surface area contributed by atoms with E-state index in [1.807, 2.05) is 0 Å². The molecule has 1 spiro atoms. The van der Waals surface area contributed by atoms with E-state index in [0.29, 0.717) is 58.5 Å². The molecule has 0 bridgehead atoms. The van der Waals surface area contributed by atoms with E-state index in [2.05, 4.69) is 11.9 Å². The van der Waals surface area contributed by atoms with Crippen molar-refractivity contribution in [3.05, 3.63) is 12.7 Å². The van der Waals surface area contributed by atoms with E-state index in [1.165, 1.54) is 0 Å². The summed E-state index contributed by atoms with van der Waals surface area (Å²) in [6, 6.07) is 0. The van der Waals surface area contributed by atoms with Crippen LogP contribution in [-0.2, 0) is 19.1 Å². The lowest BCUT2D eigenvalue weighted by Crippen LogP contribution is -2.52. The zero-order valence-electron chi connectivity index (χ0n) is 12.2. The minimum absolute atomic E-state index is 0.0445. The molecule has 0 aromatic heterocycles. The van der Waals surface area contributed by atoms with Gasteiger partial charge in [-0.25, -0.2) is 0 Å². The summed E-state index contributed by atoms with van der Waals surface area (Å²) >= 11 is 0. The second-order valence-corrected chi connectivity index (χ2v) is 5.98. The van der Waals surface area contributed by atoms with Crippen molar-refractivity contribution < 1.29 is 19.1 Å². The van der Waals surface area contributed by atoms with Crippen molar-refractivity contribution in [3.8, 4) is 0 Å². The summed E-state index contributed by atoms with van der Waals surface area (Å²) in [5, 5.41) is 2.75. The Morgan fingerprint density at radius 2 is 1.76 bits per heavy atom. The first-order valence-corrected chi connectivity index (χ1v) is 7.58. The molecule has 1 aliphatic carbocycles. The molecule has 0 atom stereocenters. The number of piperidine rings is 1. The van der Waals surface area contributed by atoms with Gasteiger partial charge in [0.2, 0.25) is 11.8 Å². The van der Waals surface area contributed by atoms with Crippen LogP contribution < -0.4 is 5.32 Å². The van der Waals surface area contributed by atoms with Crippen molar-refractivity contribution in [2.24, 2.45) is 5.41 Å². The monoisotopic (exact) mass is 294 g/mol. The molecule has 0 aromatic rings. The van der Waals surface area contributed by atoms with Crippen molar-refractivity contribution >= 4 is 11.8 Å². The predicted molar refractivity (Wildman–Crippen MR) is 75.3 cm³/mol. The second kappa shape index (κ2) is 5.42. The van der Waals surface area contributed by atoms with Gasteiger partial charge in [0.25, 0.3) is 0 Å². The van der Waals surface area contributed by atoms with Gasteiger partial charge in [0.1, 0.15) is 5.41 Å². The van der Waals surface area contributed by atoms with Gasteiger partial charge in [0.15, 0.2) is 5.79 Å². The minimum atomic E-state index is -0.828. The maximum absolute atomic E-state index is 12.6. The number of nitrogens with zero attached hydrogens (tertiary/aromatic N) is 1. The molecule has 3 fully saturated rings. The molecule has 6 heteroatoms. The molecular formula is C15H22N2O4. The summed E-state index contributed by atoms with van der Waals surface area (Å²) in [6.07, 6.45) is 4.27. The van der Waals surface area contributed by atoms with Gasteiger partial charge >= 0.3 is 0 Å². The lowest BCUT2D eigenvalue weighted by molar-refractivity contribution is -0.188. The fourth-order valence-electron chi connectivity index (χ4n) is 3.14. The molecule has 21 heavy (non-hydrogen) atoms. The Hall–Kier alpha value is -1.40. The van der Waals surface area contributed by atoms with Crippen LogP contribution in [0.25, 0.3) is 0 Å². The zero-order valence-corrected chi connectivity index (χ0v) is 12.2. The summed E-state index contributed by atoms with van der Waals surface area (Å²) in [5.41, 5.74) is -0.828. The van der Waals surface area contributed by atoms with Crippen LogP contribution in [0.15, 0.2) is 12.7 Å². The molecule has 6 nitrogen and oxygen atoms in total. The molecular weight excluding hydrogens is 272 g/mol. The Morgan fingerprint density at radius 1 is 1.14 bits per heavy atom. The van der Waals surface area contributed by atoms with Gasteiger partial charge in [-0.05, 0) is 12.8 Å². The van der Waals surface area contributed by atoms with E-state index in [4.69, 9.17) is 9.47 Å². The van der Waals surface area contributed by atoms with Crippen LogP contribution in [0.2, 0.25) is 0 Å². The number of ether oxygens (including phenoxy) is 2. The summed E-state index contributed by atoms with van der Waals surface area (Å²) in [5.74, 6) is -0.698. The van der Waals surface area contributed by atoms with Crippen LogP contribution in [0, 0.1) is 5.41 Å². The van der Waals surface area contributed by atoms with Gasteiger partial charge in [-0.15, -0.1) is 6.58 Å². The molecule has 0 radical (unpaired) electrons. The minimum Gasteiger partial charge on any atom is -0.352 e. The number of rotatable bonds is 4. The van der Waals surface area contributed by atoms with E-state index in [0.717, 1.165) is 0 Å². The topological polar surface area (TPSA) is 67.9 Å². The largest absolute Gasteiger partial charge is 0.352 e. The van der Waals surface area contributed by atoms with Crippen molar-refractivity contribution in [1.29, 1.82) is 0 Å². The smallest absolute Gasteiger partial charge is 0.238 e. The molecule has 3 aliphatic rings. The van der Waals surface area contributed by atoms with Crippen molar-refractivity contribution in [1.82, 2.24) is 10.2 Å². The number of carbonyl (C=O) groups excluding carboxylic acids is 2. The number of likely N-dealkylation sites (tertiary alicyclic amines) is 1. The van der Waals surface area contributed by atoms with Gasteiger partial charge in [-0.3, -0.25) is 9.59 Å². The number of amides is 2. The third-order valence-electron chi connectivity index (χ3n) is 4.63. The standard InChI is InChI=1S/C15H22N2O4/c1-2-7-16-12(18)14(3-4-14)13(19)17-8-5-15(6-9-17)20-10-11-21-15/h2H,1,3-11H2,(H,16,18). The van der Waals surface area contributed by atoms with E-state index in [9.17, 15) is 9.59 Å². The van der Waals surface area contributed by atoms with Crippen molar-refractivity contribution in [3.63, 3.8) is 0 Å². The fraction of sp³-hybridized carbons (Fsp3) is 0.733. The van der Waals surface area contributed by atoms with E-state index >= 15 is 0 Å². The first kappa shape index (κ1) is 14.5. The van der Waals surface area contributed by atoms with Gasteiger partial charge in [-0.1, -0.05) is 6.08 Å². The third-order valence-corrected chi connectivity index (χ3v) is 4.63. The van der Waals surface area contributed by atoms with Crippen LogP contribution >= 0.6 is 0 Å². The summed E-state index contributed by atoms with van der Waals surface area (Å²) < 4.78 is 11.3. The molecule has 0 aromatic carbocycles. The summed E-state index contributed by atoms with van der Waals surface area (Å²) in [6.45, 7) is 6.41. The predicted octanol–water partition coefficient (Wildman–Crippen LogP) is 0.434. The molecule has 2 aliphatic heterocycles. The SMILES string of the molecule is C=CCNC(=O)C1(C(=O)N2CCC3(CC2)OCCO3)CC1. The molecule has 1 N–H and O–H groups in total. The second-order valence-electron chi connectivity index (χ2n) is 5.98. The fourth-order valence-corrected chi connectivity index (χ4v) is 3.14. The highest BCUT2D eigenvalue weighted by Crippen LogP contribution is 2.48. The van der Waals surface area contributed by atoms with Gasteiger partial charge in [0, 0.05) is 32.5 Å². The molecule has 2 heterocycles. The Balaban J connectivity index is 1.59. The van der Waals surface area contributed by atoms with E-state index in [-0.39, 0.29) is 11.8 Å². The van der Waals surface area contributed by atoms with Crippen LogP contribution in [-0.4, -0.2) is 55.3 Å². The maximum Gasteiger partial charge on any atom is 0.238 e. The van der Waals surface area contributed by atoms with E-state index < -0.39 is 11.2 Å². The van der Waals surface area contributed by atoms with E-state index in [1.54, 1.807) is 11.0 Å². The molecule has 2 amide bonds. The Kier molecular flexibility index (Phi) is 3.75. The average Bonchev–Trinajstić information content (AvgIpc) is 3.21. The lowest BCUT2D eigenvalue weighted by atomic mass is 9.99. The van der Waals surface area contributed by atoms with Crippen LogP contribution in [0.4, 0.5) is 0 Å². The molecule has 1 saturated carbocycles. The van der Waals surface area contributed by atoms with Gasteiger partial charge in [-0.2, -0.15) is 0 Å². The van der Waals surface area contributed by atoms with Gasteiger partial charge < -0.3 is 19.7 Å². The van der Waals surface area contributed by atoms with Crippen LogP contribution in [0.1, 0.15) is 25.7 Å². The summed E-state index contributed by atoms with van der Waals surface area (Å²) in [7, 11) is 0. The number of hydrogen-bond acceptors (Lipinski definition) is 4. The number of nitrogens with one attached hydrogen (secondary N) is 1. The Morgan fingerprint density at radius 3 is 2.29 bits per heavy atom. The maximum atomic E-state index is 12.6. The number of hydrogen-bond donors (Lipinski definition) is 1. The zero-order chi connectivity index (χ0) is 14.9. The highest BCUT2D eigenvalue weighted by molar-refractivity contribution is 6.07. The molecule has 2 saturated heterocycles. The van der Waals surface area contributed by atoms with Crippen LogP contribution in [0.3, 0.4) is 0 Å². The highest BCUT2D eigenvalue weighted by Gasteiger charge is 2.58. The Bertz CT molecular complexity index is 443. The first-order chi connectivity index (χ1) is 10.1.